The second-order valence-electron chi connectivity index (χ2n) is 8.49. The van der Waals surface area contributed by atoms with Gasteiger partial charge in [-0.05, 0) is 62.7 Å². The van der Waals surface area contributed by atoms with Crippen molar-refractivity contribution in [3.05, 3.63) is 77.3 Å². The molecule has 2 aromatic heterocycles. The van der Waals surface area contributed by atoms with Gasteiger partial charge in [-0.25, -0.2) is 4.98 Å². The molecule has 1 atom stereocenters. The van der Waals surface area contributed by atoms with Crippen molar-refractivity contribution in [1.82, 2.24) is 9.97 Å². The molecular formula is C27H24N4O3S. The molecule has 0 saturated carbocycles. The van der Waals surface area contributed by atoms with Crippen molar-refractivity contribution in [2.75, 3.05) is 16.8 Å². The maximum atomic E-state index is 13.0. The predicted molar refractivity (Wildman–Crippen MR) is 138 cm³/mol. The number of fused-ring (bicyclic) bond motifs is 1. The second kappa shape index (κ2) is 9.31. The number of benzene rings is 2. The van der Waals surface area contributed by atoms with Gasteiger partial charge in [0.15, 0.2) is 6.10 Å². The summed E-state index contributed by atoms with van der Waals surface area (Å²) in [6.45, 7) is 5.52. The Hall–Kier alpha value is -4.04. The van der Waals surface area contributed by atoms with Gasteiger partial charge in [-0.2, -0.15) is 0 Å². The fourth-order valence-corrected chi connectivity index (χ4v) is 4.83. The van der Waals surface area contributed by atoms with Gasteiger partial charge in [-0.1, -0.05) is 23.8 Å². The van der Waals surface area contributed by atoms with Gasteiger partial charge in [0, 0.05) is 22.8 Å². The van der Waals surface area contributed by atoms with E-state index in [4.69, 9.17) is 9.72 Å². The Morgan fingerprint density at radius 3 is 2.74 bits per heavy atom. The fourth-order valence-electron chi connectivity index (χ4n) is 4.03. The molecule has 0 radical (unpaired) electrons. The number of pyridine rings is 1. The highest BCUT2D eigenvalue weighted by Gasteiger charge is 2.33. The molecule has 0 aliphatic carbocycles. The fraction of sp³-hybridized carbons (Fsp3) is 0.185. The van der Waals surface area contributed by atoms with Gasteiger partial charge < -0.3 is 10.1 Å². The molecule has 5 rings (SSSR count). The third kappa shape index (κ3) is 4.65. The monoisotopic (exact) mass is 484 g/mol. The van der Waals surface area contributed by atoms with Gasteiger partial charge in [0.05, 0.1) is 17.1 Å². The molecule has 1 aliphatic rings. The Balaban J connectivity index is 1.43. The molecule has 2 amide bonds. The number of nitrogens with one attached hydrogen (secondary N) is 1. The number of hydrogen-bond donors (Lipinski definition) is 1. The van der Waals surface area contributed by atoms with Crippen LogP contribution in [0.5, 0.6) is 5.75 Å². The SMILES string of the molecule is Cc1ccc(NC(=O)CN2C(=O)C(C)Oc3ccc(-c4csc(-c5ccccn5)n4)cc32)c(C)c1. The van der Waals surface area contributed by atoms with E-state index in [0.717, 1.165) is 38.8 Å². The van der Waals surface area contributed by atoms with E-state index in [0.29, 0.717) is 11.4 Å². The van der Waals surface area contributed by atoms with E-state index in [9.17, 15) is 9.59 Å². The zero-order chi connectivity index (χ0) is 24.5. The van der Waals surface area contributed by atoms with Gasteiger partial charge in [0.1, 0.15) is 17.3 Å². The minimum Gasteiger partial charge on any atom is -0.479 e. The molecule has 1 unspecified atom stereocenters. The Kier molecular flexibility index (Phi) is 6.05. The first-order valence-electron chi connectivity index (χ1n) is 11.3. The summed E-state index contributed by atoms with van der Waals surface area (Å²) in [6.07, 6.45) is 1.05. The molecule has 35 heavy (non-hydrogen) atoms. The van der Waals surface area contributed by atoms with Gasteiger partial charge in [-0.3, -0.25) is 19.5 Å². The lowest BCUT2D eigenvalue weighted by Gasteiger charge is -2.33. The normalized spacial score (nSPS) is 14.9. The molecule has 1 N–H and O–H groups in total. The van der Waals surface area contributed by atoms with Crippen LogP contribution < -0.4 is 15.0 Å². The van der Waals surface area contributed by atoms with Crippen molar-refractivity contribution >= 4 is 34.5 Å². The number of thiazole rings is 1. The first-order chi connectivity index (χ1) is 16.9. The predicted octanol–water partition coefficient (Wildman–Crippen LogP) is 5.24. The highest BCUT2D eigenvalue weighted by atomic mass is 32.1. The molecule has 7 nitrogen and oxygen atoms in total. The molecule has 0 bridgehead atoms. The van der Waals surface area contributed by atoms with Crippen LogP contribution in [0.3, 0.4) is 0 Å². The van der Waals surface area contributed by atoms with Crippen molar-refractivity contribution in [3.63, 3.8) is 0 Å². The largest absolute Gasteiger partial charge is 0.479 e. The van der Waals surface area contributed by atoms with Gasteiger partial charge in [0.25, 0.3) is 5.91 Å². The summed E-state index contributed by atoms with van der Waals surface area (Å²) >= 11 is 1.50. The van der Waals surface area contributed by atoms with Crippen LogP contribution in [0.2, 0.25) is 0 Å². The Labute approximate surface area is 207 Å². The first-order valence-corrected chi connectivity index (χ1v) is 12.1. The van der Waals surface area contributed by atoms with Crippen molar-refractivity contribution in [2.24, 2.45) is 0 Å². The van der Waals surface area contributed by atoms with Gasteiger partial charge in [-0.15, -0.1) is 11.3 Å². The van der Waals surface area contributed by atoms with Crippen molar-refractivity contribution in [3.8, 4) is 27.7 Å². The van der Waals surface area contributed by atoms with Crippen molar-refractivity contribution in [2.45, 2.75) is 26.9 Å². The molecule has 2 aromatic carbocycles. The molecule has 4 aromatic rings. The highest BCUT2D eigenvalue weighted by molar-refractivity contribution is 7.13. The Morgan fingerprint density at radius 1 is 1.11 bits per heavy atom. The Bertz CT molecular complexity index is 1420. The van der Waals surface area contributed by atoms with Crippen LogP contribution >= 0.6 is 11.3 Å². The number of carbonyl (C=O) groups excluding carboxylic acids is 2. The zero-order valence-electron chi connectivity index (χ0n) is 19.6. The maximum Gasteiger partial charge on any atom is 0.268 e. The van der Waals surface area contributed by atoms with E-state index in [1.165, 1.54) is 16.2 Å². The van der Waals surface area contributed by atoms with Crippen LogP contribution in [0.1, 0.15) is 18.1 Å². The summed E-state index contributed by atoms with van der Waals surface area (Å²) in [6, 6.07) is 17.1. The maximum absolute atomic E-state index is 13.0. The number of aromatic nitrogens is 2. The number of ether oxygens (including phenoxy) is 1. The summed E-state index contributed by atoms with van der Waals surface area (Å²) in [5.41, 5.74) is 5.76. The van der Waals surface area contributed by atoms with E-state index in [2.05, 4.69) is 10.3 Å². The smallest absolute Gasteiger partial charge is 0.268 e. The molecule has 8 heteroatoms. The van der Waals surface area contributed by atoms with Crippen molar-refractivity contribution in [1.29, 1.82) is 0 Å². The van der Waals surface area contributed by atoms with Crippen molar-refractivity contribution < 1.29 is 14.3 Å². The summed E-state index contributed by atoms with van der Waals surface area (Å²) in [7, 11) is 0. The van der Waals surface area contributed by atoms with E-state index in [1.54, 1.807) is 13.1 Å². The lowest BCUT2D eigenvalue weighted by molar-refractivity contribution is -0.127. The summed E-state index contributed by atoms with van der Waals surface area (Å²) in [5, 5.41) is 5.69. The van der Waals surface area contributed by atoms with E-state index >= 15 is 0 Å². The molecule has 1 aliphatic heterocycles. The number of amides is 2. The quantitative estimate of drug-likeness (QED) is 0.419. The number of anilines is 2. The number of rotatable bonds is 5. The number of carbonyl (C=O) groups is 2. The standard InChI is InChI=1S/C27H24N4O3S/c1-16-7-9-20(17(2)12-16)29-25(32)14-31-23-13-19(8-10-24(23)34-18(3)27(31)33)22-15-35-26(30-22)21-6-4-5-11-28-21/h4-13,15,18H,14H2,1-3H3,(H,29,32). The van der Waals surface area contributed by atoms with Crippen LogP contribution in [0, 0.1) is 13.8 Å². The van der Waals surface area contributed by atoms with E-state index in [-0.39, 0.29) is 18.4 Å². The van der Waals surface area contributed by atoms with Gasteiger partial charge >= 0.3 is 0 Å². The highest BCUT2D eigenvalue weighted by Crippen LogP contribution is 2.38. The molecule has 0 spiro atoms. The van der Waals surface area contributed by atoms with Crippen LogP contribution in [0.25, 0.3) is 22.0 Å². The molecule has 0 fully saturated rings. The average Bonchev–Trinajstić information content (AvgIpc) is 3.35. The minimum absolute atomic E-state index is 0.118. The average molecular weight is 485 g/mol. The third-order valence-electron chi connectivity index (χ3n) is 5.81. The molecule has 176 valence electrons. The topological polar surface area (TPSA) is 84.4 Å². The van der Waals surface area contributed by atoms with Crippen LogP contribution in [0.15, 0.2) is 66.2 Å². The van der Waals surface area contributed by atoms with Gasteiger partial charge in [0.2, 0.25) is 5.91 Å². The summed E-state index contributed by atoms with van der Waals surface area (Å²) < 4.78 is 5.82. The minimum atomic E-state index is -0.683. The summed E-state index contributed by atoms with van der Waals surface area (Å²) in [5.74, 6) is 0.0140. The van der Waals surface area contributed by atoms with Crippen LogP contribution in [-0.2, 0) is 9.59 Å². The molecule has 0 saturated heterocycles. The lowest BCUT2D eigenvalue weighted by Crippen LogP contribution is -2.47. The zero-order valence-corrected chi connectivity index (χ0v) is 20.4. The number of aryl methyl sites for hydroxylation is 2. The second-order valence-corrected chi connectivity index (χ2v) is 9.34. The summed E-state index contributed by atoms with van der Waals surface area (Å²) in [4.78, 5) is 36.5. The lowest BCUT2D eigenvalue weighted by atomic mass is 10.1. The molecule has 3 heterocycles. The van der Waals surface area contributed by atoms with Crippen LogP contribution in [0.4, 0.5) is 11.4 Å². The molecular weight excluding hydrogens is 460 g/mol. The van der Waals surface area contributed by atoms with E-state index < -0.39 is 6.10 Å². The Morgan fingerprint density at radius 2 is 1.97 bits per heavy atom. The van der Waals surface area contributed by atoms with Crippen LogP contribution in [-0.4, -0.2) is 34.4 Å². The number of nitrogens with zero attached hydrogens (tertiary/aromatic N) is 3. The van der Waals surface area contributed by atoms with E-state index in [1.807, 2.05) is 73.8 Å². The number of hydrogen-bond acceptors (Lipinski definition) is 6. The first kappa shape index (κ1) is 22.7. The third-order valence-corrected chi connectivity index (χ3v) is 6.67.